The number of nitrogens with one attached hydrogen (secondary N) is 2. The second kappa shape index (κ2) is 5.60. The molecule has 6 nitrogen and oxygen atoms in total. The molecule has 0 saturated carbocycles. The lowest BCUT2D eigenvalue weighted by atomic mass is 10.0. The lowest BCUT2D eigenvalue weighted by Crippen LogP contribution is -2.47. The molecule has 1 heterocycles. The van der Waals surface area contributed by atoms with Gasteiger partial charge in [0.2, 0.25) is 10.0 Å². The Morgan fingerprint density at radius 3 is 2.81 bits per heavy atom. The van der Waals surface area contributed by atoms with Crippen LogP contribution in [0.2, 0.25) is 0 Å². The van der Waals surface area contributed by atoms with Crippen LogP contribution in [0.4, 0.5) is 0 Å². The van der Waals surface area contributed by atoms with Crippen molar-refractivity contribution in [3.8, 4) is 0 Å². The van der Waals surface area contributed by atoms with Crippen LogP contribution < -0.4 is 10.0 Å². The fourth-order valence-corrected chi connectivity index (χ4v) is 2.98. The Morgan fingerprint density at radius 2 is 2.25 bits per heavy atom. The Balaban J connectivity index is 2.48. The quantitative estimate of drug-likeness (QED) is 0.639. The zero-order valence-corrected chi connectivity index (χ0v) is 10.3. The third-order valence-corrected chi connectivity index (χ3v) is 3.81. The van der Waals surface area contributed by atoms with E-state index in [1.165, 1.54) is 7.11 Å². The summed E-state index contributed by atoms with van der Waals surface area (Å²) in [7, 11) is -2.40. The number of piperidine rings is 1. The maximum Gasteiger partial charge on any atom is 0.322 e. The predicted molar refractivity (Wildman–Crippen MR) is 59.4 cm³/mol. The molecule has 7 heteroatoms. The van der Waals surface area contributed by atoms with E-state index in [1.54, 1.807) is 0 Å². The number of esters is 1. The first kappa shape index (κ1) is 13.4. The molecule has 0 spiro atoms. The largest absolute Gasteiger partial charge is 0.468 e. The Labute approximate surface area is 95.8 Å². The lowest BCUT2D eigenvalue weighted by molar-refractivity contribution is -0.137. The van der Waals surface area contributed by atoms with Crippen molar-refractivity contribution in [2.24, 2.45) is 0 Å². The summed E-state index contributed by atoms with van der Waals surface area (Å²) in [5.74, 6) is -1.35. The normalized spacial score (nSPS) is 26.4. The van der Waals surface area contributed by atoms with Gasteiger partial charge >= 0.3 is 5.97 Å². The van der Waals surface area contributed by atoms with Crippen LogP contribution in [-0.4, -0.2) is 45.9 Å². The van der Waals surface area contributed by atoms with Gasteiger partial charge < -0.3 is 10.1 Å². The van der Waals surface area contributed by atoms with E-state index < -0.39 is 21.7 Å². The molecular formula is C9H18N2O4S. The molecule has 0 radical (unpaired) electrons. The molecule has 1 rings (SSSR count). The third-order valence-electron chi connectivity index (χ3n) is 2.51. The molecule has 0 aromatic heterocycles. The highest BCUT2D eigenvalue weighted by atomic mass is 32.2. The van der Waals surface area contributed by atoms with Crippen molar-refractivity contribution >= 4 is 16.0 Å². The molecule has 0 aromatic rings. The van der Waals surface area contributed by atoms with Crippen LogP contribution in [0, 0.1) is 0 Å². The fraction of sp³-hybridized carbons (Fsp3) is 0.889. The SMILES string of the molecule is COC(=O)CS(=O)(=O)NC1CCNC(C)C1. The zero-order chi connectivity index (χ0) is 12.2. The molecule has 2 N–H and O–H groups in total. The summed E-state index contributed by atoms with van der Waals surface area (Å²) in [5, 5.41) is 3.22. The zero-order valence-electron chi connectivity index (χ0n) is 9.52. The van der Waals surface area contributed by atoms with Crippen molar-refractivity contribution in [2.75, 3.05) is 19.4 Å². The molecular weight excluding hydrogens is 232 g/mol. The summed E-state index contributed by atoms with van der Waals surface area (Å²) in [5.41, 5.74) is 0. The van der Waals surface area contributed by atoms with Crippen molar-refractivity contribution in [1.82, 2.24) is 10.0 Å². The van der Waals surface area contributed by atoms with E-state index in [0.717, 1.165) is 19.4 Å². The summed E-state index contributed by atoms with van der Waals surface area (Å²) in [6, 6.07) is 0.200. The van der Waals surface area contributed by atoms with Gasteiger partial charge in [-0.15, -0.1) is 0 Å². The van der Waals surface area contributed by atoms with Crippen LogP contribution in [0.3, 0.4) is 0 Å². The predicted octanol–water partition coefficient (Wildman–Crippen LogP) is -0.781. The molecule has 0 amide bonds. The summed E-state index contributed by atoms with van der Waals surface area (Å²) < 4.78 is 29.9. The average molecular weight is 250 g/mol. The van der Waals surface area contributed by atoms with Gasteiger partial charge in [-0.2, -0.15) is 0 Å². The number of rotatable bonds is 4. The van der Waals surface area contributed by atoms with Crippen molar-refractivity contribution in [3.05, 3.63) is 0 Å². The van der Waals surface area contributed by atoms with E-state index in [1.807, 2.05) is 6.92 Å². The number of methoxy groups -OCH3 is 1. The van der Waals surface area contributed by atoms with Crippen LogP contribution >= 0.6 is 0 Å². The van der Waals surface area contributed by atoms with E-state index in [-0.39, 0.29) is 6.04 Å². The smallest absolute Gasteiger partial charge is 0.322 e. The molecule has 0 bridgehead atoms. The Morgan fingerprint density at radius 1 is 1.56 bits per heavy atom. The van der Waals surface area contributed by atoms with Gasteiger partial charge in [-0.3, -0.25) is 4.79 Å². The highest BCUT2D eigenvalue weighted by Crippen LogP contribution is 2.09. The van der Waals surface area contributed by atoms with Crippen molar-refractivity contribution in [2.45, 2.75) is 31.8 Å². The average Bonchev–Trinajstić information content (AvgIpc) is 2.15. The van der Waals surface area contributed by atoms with Gasteiger partial charge in [0.25, 0.3) is 0 Å². The summed E-state index contributed by atoms with van der Waals surface area (Å²) in [4.78, 5) is 10.9. The molecule has 1 aliphatic heterocycles. The second-order valence-electron chi connectivity index (χ2n) is 4.03. The molecule has 1 fully saturated rings. The van der Waals surface area contributed by atoms with E-state index in [2.05, 4.69) is 14.8 Å². The van der Waals surface area contributed by atoms with Crippen LogP contribution in [0.1, 0.15) is 19.8 Å². The highest BCUT2D eigenvalue weighted by molar-refractivity contribution is 7.90. The van der Waals surface area contributed by atoms with Crippen LogP contribution in [0.15, 0.2) is 0 Å². The van der Waals surface area contributed by atoms with Gasteiger partial charge in [-0.05, 0) is 26.3 Å². The minimum atomic E-state index is -3.57. The Kier molecular flexibility index (Phi) is 4.69. The van der Waals surface area contributed by atoms with Crippen LogP contribution in [0.25, 0.3) is 0 Å². The first-order valence-electron chi connectivity index (χ1n) is 5.23. The highest BCUT2D eigenvalue weighted by Gasteiger charge is 2.25. The van der Waals surface area contributed by atoms with E-state index in [4.69, 9.17) is 0 Å². The number of hydrogen-bond acceptors (Lipinski definition) is 5. The summed E-state index contributed by atoms with van der Waals surface area (Å²) in [6.07, 6.45) is 1.48. The number of sulfonamides is 1. The summed E-state index contributed by atoms with van der Waals surface area (Å²) >= 11 is 0. The number of hydrogen-bond donors (Lipinski definition) is 2. The molecule has 16 heavy (non-hydrogen) atoms. The van der Waals surface area contributed by atoms with Gasteiger partial charge in [-0.25, -0.2) is 13.1 Å². The monoisotopic (exact) mass is 250 g/mol. The maximum absolute atomic E-state index is 11.5. The topological polar surface area (TPSA) is 84.5 Å². The number of carbonyl (C=O) groups excluding carboxylic acids is 1. The van der Waals surface area contributed by atoms with E-state index in [0.29, 0.717) is 6.04 Å². The van der Waals surface area contributed by atoms with Crippen molar-refractivity contribution in [1.29, 1.82) is 0 Å². The first-order valence-corrected chi connectivity index (χ1v) is 6.88. The fourth-order valence-electron chi connectivity index (χ4n) is 1.75. The van der Waals surface area contributed by atoms with E-state index >= 15 is 0 Å². The molecule has 1 saturated heterocycles. The third kappa shape index (κ3) is 4.46. The van der Waals surface area contributed by atoms with Crippen LogP contribution in [-0.2, 0) is 19.6 Å². The number of carbonyl (C=O) groups is 1. The molecule has 2 atom stereocenters. The minimum Gasteiger partial charge on any atom is -0.468 e. The minimum absolute atomic E-state index is 0.0918. The first-order chi connectivity index (χ1) is 7.43. The molecule has 94 valence electrons. The van der Waals surface area contributed by atoms with Gasteiger partial charge in [0, 0.05) is 12.1 Å². The second-order valence-corrected chi connectivity index (χ2v) is 5.78. The maximum atomic E-state index is 11.5. The Hall–Kier alpha value is -0.660. The van der Waals surface area contributed by atoms with Crippen molar-refractivity contribution in [3.63, 3.8) is 0 Å². The summed E-state index contributed by atoms with van der Waals surface area (Å²) in [6.45, 7) is 2.79. The van der Waals surface area contributed by atoms with Crippen LogP contribution in [0.5, 0.6) is 0 Å². The van der Waals surface area contributed by atoms with E-state index in [9.17, 15) is 13.2 Å². The van der Waals surface area contributed by atoms with Gasteiger partial charge in [0.05, 0.1) is 7.11 Å². The van der Waals surface area contributed by atoms with Gasteiger partial charge in [-0.1, -0.05) is 0 Å². The van der Waals surface area contributed by atoms with Crippen molar-refractivity contribution < 1.29 is 17.9 Å². The van der Waals surface area contributed by atoms with Gasteiger partial charge in [0.1, 0.15) is 0 Å². The lowest BCUT2D eigenvalue weighted by Gasteiger charge is -2.28. The molecule has 1 aliphatic rings. The molecule has 0 aromatic carbocycles. The van der Waals surface area contributed by atoms with Gasteiger partial charge in [0.15, 0.2) is 5.75 Å². The number of ether oxygens (including phenoxy) is 1. The Bertz CT molecular complexity index is 341. The molecule has 2 unspecified atom stereocenters. The molecule has 0 aliphatic carbocycles. The standard InChI is InChI=1S/C9H18N2O4S/c1-7-5-8(3-4-10-7)11-16(13,14)6-9(12)15-2/h7-8,10-11H,3-6H2,1-2H3.